The molecule has 0 aromatic heterocycles. The van der Waals surface area contributed by atoms with Crippen LogP contribution in [0.4, 0.5) is 10.1 Å². The maximum absolute atomic E-state index is 13.4. The Balaban J connectivity index is 1.78. The van der Waals surface area contributed by atoms with Gasteiger partial charge in [-0.2, -0.15) is 5.26 Å². The second-order valence-electron chi connectivity index (χ2n) is 6.63. The first-order valence-electron chi connectivity index (χ1n) is 8.98. The highest BCUT2D eigenvalue weighted by Gasteiger charge is 2.21. The van der Waals surface area contributed by atoms with E-state index in [-0.39, 0.29) is 29.3 Å². The van der Waals surface area contributed by atoms with Crippen molar-refractivity contribution in [1.29, 1.82) is 5.26 Å². The van der Waals surface area contributed by atoms with E-state index < -0.39 is 0 Å². The number of likely N-dealkylation sites (N-methyl/N-ethyl adjacent to an activating group) is 1. The molecule has 0 radical (unpaired) electrons. The number of hydrogen-bond acceptors (Lipinski definition) is 3. The van der Waals surface area contributed by atoms with Crippen LogP contribution in [0.15, 0.2) is 72.8 Å². The smallest absolute Gasteiger partial charge is 0.238 e. The van der Waals surface area contributed by atoms with Gasteiger partial charge in [-0.1, -0.05) is 54.1 Å². The summed E-state index contributed by atoms with van der Waals surface area (Å²) >= 11 is 6.03. The molecule has 1 atom stereocenters. The van der Waals surface area contributed by atoms with E-state index in [1.807, 2.05) is 48.3 Å². The molecule has 3 aromatic rings. The second-order valence-corrected chi connectivity index (χ2v) is 7.04. The highest BCUT2D eigenvalue weighted by atomic mass is 35.5. The van der Waals surface area contributed by atoms with Gasteiger partial charge in [0, 0.05) is 5.69 Å². The van der Waals surface area contributed by atoms with Crippen molar-refractivity contribution in [2.75, 3.05) is 18.9 Å². The Kier molecular flexibility index (Phi) is 6.61. The minimum absolute atomic E-state index is 0.106. The van der Waals surface area contributed by atoms with Crippen molar-refractivity contribution in [2.24, 2.45) is 0 Å². The molecule has 1 N–H and O–H groups in total. The Hall–Kier alpha value is -3.20. The highest BCUT2D eigenvalue weighted by molar-refractivity contribution is 6.32. The number of hydrogen-bond donors (Lipinski definition) is 1. The Labute approximate surface area is 174 Å². The zero-order valence-electron chi connectivity index (χ0n) is 15.8. The highest BCUT2D eigenvalue weighted by Crippen LogP contribution is 2.28. The van der Waals surface area contributed by atoms with Gasteiger partial charge < -0.3 is 5.32 Å². The average Bonchev–Trinajstić information content (AvgIpc) is 2.70. The summed E-state index contributed by atoms with van der Waals surface area (Å²) in [4.78, 5) is 14.5. The summed E-state index contributed by atoms with van der Waals surface area (Å²) in [6.07, 6.45) is 0. The van der Waals surface area contributed by atoms with Gasteiger partial charge in [0.1, 0.15) is 11.9 Å². The molecule has 0 heterocycles. The third kappa shape index (κ3) is 5.20. The molecule has 1 amide bonds. The number of nitrogens with zero attached hydrogens (tertiary/aromatic N) is 2. The van der Waals surface area contributed by atoms with Gasteiger partial charge in [0.05, 0.1) is 23.2 Å². The number of benzene rings is 3. The molecule has 4 nitrogen and oxygen atoms in total. The molecule has 29 heavy (non-hydrogen) atoms. The lowest BCUT2D eigenvalue weighted by atomic mass is 9.97. The fourth-order valence-electron chi connectivity index (χ4n) is 3.18. The molecule has 0 aliphatic carbocycles. The minimum atomic E-state index is -0.307. The number of anilines is 1. The van der Waals surface area contributed by atoms with Crippen LogP contribution >= 0.6 is 11.6 Å². The first-order chi connectivity index (χ1) is 14.0. The molecule has 0 spiro atoms. The van der Waals surface area contributed by atoms with Gasteiger partial charge in [0.25, 0.3) is 0 Å². The molecular weight excluding hydrogens is 389 g/mol. The van der Waals surface area contributed by atoms with Gasteiger partial charge >= 0.3 is 0 Å². The number of nitriles is 1. The van der Waals surface area contributed by atoms with Crippen LogP contribution in [0.1, 0.15) is 22.7 Å². The SMILES string of the molecule is CN(CC(=O)Nc1ccc(C#N)c(Cl)c1)[C@H](c1ccccc1)c1ccc(F)cc1. The molecule has 0 saturated heterocycles. The van der Waals surface area contributed by atoms with Gasteiger partial charge in [0.15, 0.2) is 0 Å². The third-order valence-corrected chi connectivity index (χ3v) is 4.82. The van der Waals surface area contributed by atoms with E-state index in [9.17, 15) is 9.18 Å². The van der Waals surface area contributed by atoms with Crippen LogP contribution in [0.2, 0.25) is 5.02 Å². The topological polar surface area (TPSA) is 56.1 Å². The molecule has 0 unspecified atom stereocenters. The van der Waals surface area contributed by atoms with Crippen molar-refractivity contribution in [1.82, 2.24) is 4.90 Å². The fraction of sp³-hybridized carbons (Fsp3) is 0.130. The molecule has 0 aliphatic rings. The van der Waals surface area contributed by atoms with Crippen LogP contribution in [0.25, 0.3) is 0 Å². The predicted molar refractivity (Wildman–Crippen MR) is 112 cm³/mol. The molecular formula is C23H19ClFN3O. The summed E-state index contributed by atoms with van der Waals surface area (Å²) < 4.78 is 13.4. The van der Waals surface area contributed by atoms with Gasteiger partial charge in [0.2, 0.25) is 5.91 Å². The monoisotopic (exact) mass is 407 g/mol. The molecule has 0 saturated carbocycles. The molecule has 3 aromatic carbocycles. The van der Waals surface area contributed by atoms with Gasteiger partial charge in [-0.15, -0.1) is 0 Å². The summed E-state index contributed by atoms with van der Waals surface area (Å²) in [5.74, 6) is -0.532. The summed E-state index contributed by atoms with van der Waals surface area (Å²) in [6, 6.07) is 22.5. The van der Waals surface area contributed by atoms with E-state index in [4.69, 9.17) is 16.9 Å². The number of rotatable bonds is 6. The minimum Gasteiger partial charge on any atom is -0.325 e. The summed E-state index contributed by atoms with van der Waals surface area (Å²) in [6.45, 7) is 0.106. The van der Waals surface area contributed by atoms with Crippen LogP contribution in [-0.2, 0) is 4.79 Å². The summed E-state index contributed by atoms with van der Waals surface area (Å²) in [5, 5.41) is 12.0. The maximum Gasteiger partial charge on any atom is 0.238 e. The van der Waals surface area contributed by atoms with Crippen LogP contribution in [0, 0.1) is 17.1 Å². The number of carbonyl (C=O) groups excluding carboxylic acids is 1. The number of nitrogens with one attached hydrogen (secondary N) is 1. The fourth-order valence-corrected chi connectivity index (χ4v) is 3.41. The van der Waals surface area contributed by atoms with Crippen LogP contribution in [-0.4, -0.2) is 24.4 Å². The lowest BCUT2D eigenvalue weighted by Crippen LogP contribution is -2.34. The molecule has 6 heteroatoms. The van der Waals surface area contributed by atoms with E-state index in [1.165, 1.54) is 12.1 Å². The van der Waals surface area contributed by atoms with Crippen molar-refractivity contribution in [2.45, 2.75) is 6.04 Å². The van der Waals surface area contributed by atoms with Crippen molar-refractivity contribution < 1.29 is 9.18 Å². The Morgan fingerprint density at radius 1 is 1.10 bits per heavy atom. The van der Waals surface area contributed by atoms with Gasteiger partial charge in [-0.3, -0.25) is 9.69 Å². The zero-order chi connectivity index (χ0) is 20.8. The Bertz CT molecular complexity index is 1030. The summed E-state index contributed by atoms with van der Waals surface area (Å²) in [7, 11) is 1.84. The Morgan fingerprint density at radius 2 is 1.76 bits per heavy atom. The molecule has 0 fully saturated rings. The third-order valence-electron chi connectivity index (χ3n) is 4.51. The number of halogens is 2. The van der Waals surface area contributed by atoms with Crippen molar-refractivity contribution >= 4 is 23.2 Å². The van der Waals surface area contributed by atoms with E-state index in [0.717, 1.165) is 11.1 Å². The molecule has 0 aliphatic heterocycles. The lowest BCUT2D eigenvalue weighted by molar-refractivity contribution is -0.117. The maximum atomic E-state index is 13.4. The zero-order valence-corrected chi connectivity index (χ0v) is 16.5. The first-order valence-corrected chi connectivity index (χ1v) is 9.36. The van der Waals surface area contributed by atoms with Gasteiger partial charge in [-0.05, 0) is 48.5 Å². The van der Waals surface area contributed by atoms with Crippen LogP contribution < -0.4 is 5.32 Å². The lowest BCUT2D eigenvalue weighted by Gasteiger charge is -2.28. The normalized spacial score (nSPS) is 11.7. The summed E-state index contributed by atoms with van der Waals surface area (Å²) in [5.41, 5.74) is 2.75. The first kappa shape index (κ1) is 20.5. The van der Waals surface area contributed by atoms with Crippen LogP contribution in [0.3, 0.4) is 0 Å². The molecule has 0 bridgehead atoms. The predicted octanol–water partition coefficient (Wildman–Crippen LogP) is 5.01. The van der Waals surface area contributed by atoms with Gasteiger partial charge in [-0.25, -0.2) is 4.39 Å². The Morgan fingerprint density at radius 3 is 2.38 bits per heavy atom. The quantitative estimate of drug-likeness (QED) is 0.624. The standard InChI is InChI=1S/C23H19ClFN3O/c1-28(15-22(29)27-20-12-9-18(14-26)21(24)13-20)23(16-5-3-2-4-6-16)17-7-10-19(25)11-8-17/h2-13,23H,15H2,1H3,(H,27,29)/t23-/m1/s1. The second kappa shape index (κ2) is 9.33. The number of carbonyl (C=O) groups is 1. The molecule has 146 valence electrons. The van der Waals surface area contributed by atoms with E-state index in [1.54, 1.807) is 30.3 Å². The van der Waals surface area contributed by atoms with E-state index in [2.05, 4.69) is 5.32 Å². The van der Waals surface area contributed by atoms with Crippen molar-refractivity contribution in [3.05, 3.63) is 100 Å². The number of amides is 1. The van der Waals surface area contributed by atoms with Crippen LogP contribution in [0.5, 0.6) is 0 Å². The average molecular weight is 408 g/mol. The van der Waals surface area contributed by atoms with E-state index >= 15 is 0 Å². The largest absolute Gasteiger partial charge is 0.325 e. The van der Waals surface area contributed by atoms with Crippen molar-refractivity contribution in [3.8, 4) is 6.07 Å². The van der Waals surface area contributed by atoms with Crippen molar-refractivity contribution in [3.63, 3.8) is 0 Å². The molecule has 3 rings (SSSR count). The van der Waals surface area contributed by atoms with E-state index in [0.29, 0.717) is 11.3 Å².